The summed E-state index contributed by atoms with van der Waals surface area (Å²) in [6.45, 7) is 0. The number of nitrogens with zero attached hydrogens (tertiary/aromatic N) is 1. The molecule has 0 amide bonds. The van der Waals surface area contributed by atoms with Crippen molar-refractivity contribution in [3.63, 3.8) is 0 Å². The number of carbonyl (C=O) groups is 2. The molecule has 4 rings (SSSR count). The summed E-state index contributed by atoms with van der Waals surface area (Å²) in [6.07, 6.45) is 1.40. The highest BCUT2D eigenvalue weighted by Crippen LogP contribution is 2.30. The van der Waals surface area contributed by atoms with Gasteiger partial charge in [0.25, 0.3) is 0 Å². The topological polar surface area (TPSA) is 56.3 Å². The van der Waals surface area contributed by atoms with Crippen molar-refractivity contribution in [2.45, 2.75) is 0 Å². The van der Waals surface area contributed by atoms with Crippen molar-refractivity contribution in [3.8, 4) is 0 Å². The zero-order chi connectivity index (χ0) is 13.0. The van der Waals surface area contributed by atoms with Crippen LogP contribution in [0.2, 0.25) is 0 Å². The molecule has 1 aliphatic heterocycles. The third kappa shape index (κ3) is 1.31. The van der Waals surface area contributed by atoms with Gasteiger partial charge in [0.1, 0.15) is 0 Å². The minimum absolute atomic E-state index is 0.243. The van der Waals surface area contributed by atoms with Crippen LogP contribution in [-0.4, -0.2) is 16.9 Å². The van der Waals surface area contributed by atoms with E-state index in [1.54, 1.807) is 0 Å². The number of fused-ring (bicyclic) bond motifs is 4. The molecule has 0 saturated heterocycles. The predicted molar refractivity (Wildman–Crippen MR) is 69.0 cm³/mol. The lowest BCUT2D eigenvalue weighted by Crippen LogP contribution is -1.97. The molecule has 1 aliphatic rings. The van der Waals surface area contributed by atoms with Crippen LogP contribution in [0.1, 0.15) is 20.7 Å². The number of cyclic esters (lactones) is 2. The van der Waals surface area contributed by atoms with E-state index in [0.29, 0.717) is 16.5 Å². The molecule has 19 heavy (non-hydrogen) atoms. The molecule has 2 heterocycles. The minimum atomic E-state index is -0.623. The standard InChI is InChI=1S/C15H7NO3/c17-14-11-7-16-12-6-9-4-2-1-3-8(9)5-10(12)13(11)15(18)19-14/h1-7H. The molecule has 0 radical (unpaired) electrons. The van der Waals surface area contributed by atoms with Gasteiger partial charge in [-0.2, -0.15) is 0 Å². The third-order valence-electron chi connectivity index (χ3n) is 3.34. The molecule has 0 unspecified atom stereocenters. The van der Waals surface area contributed by atoms with E-state index in [1.165, 1.54) is 6.20 Å². The Morgan fingerprint density at radius 3 is 2.47 bits per heavy atom. The summed E-state index contributed by atoms with van der Waals surface area (Å²) in [5, 5.41) is 2.70. The van der Waals surface area contributed by atoms with Crippen LogP contribution in [0.25, 0.3) is 21.7 Å². The SMILES string of the molecule is O=C1OC(=O)c2c1cnc1cc3ccccc3cc21. The van der Waals surface area contributed by atoms with Crippen LogP contribution in [0.3, 0.4) is 0 Å². The van der Waals surface area contributed by atoms with Gasteiger partial charge in [0.2, 0.25) is 0 Å². The summed E-state index contributed by atoms with van der Waals surface area (Å²) in [6, 6.07) is 11.6. The van der Waals surface area contributed by atoms with Gasteiger partial charge in [-0.3, -0.25) is 4.98 Å². The smallest absolute Gasteiger partial charge is 0.348 e. The van der Waals surface area contributed by atoms with Crippen molar-refractivity contribution in [2.24, 2.45) is 0 Å². The van der Waals surface area contributed by atoms with Crippen molar-refractivity contribution in [1.29, 1.82) is 0 Å². The number of hydrogen-bond donors (Lipinski definition) is 0. The van der Waals surface area contributed by atoms with Gasteiger partial charge in [-0.05, 0) is 22.9 Å². The fourth-order valence-electron chi connectivity index (χ4n) is 2.44. The Bertz CT molecular complexity index is 883. The highest BCUT2D eigenvalue weighted by Gasteiger charge is 2.32. The lowest BCUT2D eigenvalue weighted by atomic mass is 10.0. The van der Waals surface area contributed by atoms with E-state index in [0.717, 1.165) is 10.8 Å². The summed E-state index contributed by atoms with van der Waals surface area (Å²) in [7, 11) is 0. The molecule has 3 aromatic rings. The Hall–Kier alpha value is -2.75. The van der Waals surface area contributed by atoms with Crippen LogP contribution in [0, 0.1) is 0 Å². The van der Waals surface area contributed by atoms with Gasteiger partial charge in [-0.25, -0.2) is 9.59 Å². The molecule has 90 valence electrons. The Morgan fingerprint density at radius 1 is 0.947 bits per heavy atom. The molecule has 0 bridgehead atoms. The van der Waals surface area contributed by atoms with Crippen LogP contribution >= 0.6 is 0 Å². The highest BCUT2D eigenvalue weighted by atomic mass is 16.6. The second kappa shape index (κ2) is 3.38. The molecule has 0 N–H and O–H groups in total. The maximum atomic E-state index is 11.8. The first-order valence-corrected chi connectivity index (χ1v) is 5.82. The monoisotopic (exact) mass is 249 g/mol. The Morgan fingerprint density at radius 2 is 1.68 bits per heavy atom. The Labute approximate surface area is 107 Å². The minimum Gasteiger partial charge on any atom is -0.386 e. The summed E-state index contributed by atoms with van der Waals surface area (Å²) >= 11 is 0. The van der Waals surface area contributed by atoms with E-state index in [2.05, 4.69) is 9.72 Å². The summed E-state index contributed by atoms with van der Waals surface area (Å²) in [5.74, 6) is -1.22. The lowest BCUT2D eigenvalue weighted by molar-refractivity contribution is 0.0444. The highest BCUT2D eigenvalue weighted by molar-refractivity contribution is 6.21. The molecule has 0 aliphatic carbocycles. The fraction of sp³-hybridized carbons (Fsp3) is 0. The molecule has 0 saturated carbocycles. The van der Waals surface area contributed by atoms with Gasteiger partial charge in [0.05, 0.1) is 16.6 Å². The van der Waals surface area contributed by atoms with Gasteiger partial charge >= 0.3 is 11.9 Å². The number of pyridine rings is 1. The average molecular weight is 249 g/mol. The first-order chi connectivity index (χ1) is 9.24. The number of rotatable bonds is 0. The molecular weight excluding hydrogens is 242 g/mol. The number of esters is 2. The number of hydrogen-bond acceptors (Lipinski definition) is 4. The van der Waals surface area contributed by atoms with Crippen LogP contribution in [0.5, 0.6) is 0 Å². The number of benzene rings is 2. The zero-order valence-electron chi connectivity index (χ0n) is 9.71. The number of carbonyl (C=O) groups excluding carboxylic acids is 2. The lowest BCUT2D eigenvalue weighted by Gasteiger charge is -2.03. The maximum absolute atomic E-state index is 11.8. The van der Waals surface area contributed by atoms with Crippen LogP contribution < -0.4 is 0 Å². The summed E-state index contributed by atoms with van der Waals surface area (Å²) in [5.41, 5.74) is 1.25. The average Bonchev–Trinajstić information content (AvgIpc) is 2.72. The number of aromatic nitrogens is 1. The molecular formula is C15H7NO3. The zero-order valence-corrected chi connectivity index (χ0v) is 9.71. The number of ether oxygens (including phenoxy) is 1. The molecule has 0 atom stereocenters. The van der Waals surface area contributed by atoms with E-state index in [-0.39, 0.29) is 5.56 Å². The van der Waals surface area contributed by atoms with Gasteiger partial charge in [-0.1, -0.05) is 24.3 Å². The normalized spacial score (nSPS) is 13.9. The second-order valence-corrected chi connectivity index (χ2v) is 4.44. The van der Waals surface area contributed by atoms with Crippen LogP contribution in [0.15, 0.2) is 42.6 Å². The Balaban J connectivity index is 2.20. The van der Waals surface area contributed by atoms with E-state index in [4.69, 9.17) is 0 Å². The first kappa shape index (κ1) is 10.2. The van der Waals surface area contributed by atoms with Crippen molar-refractivity contribution < 1.29 is 14.3 Å². The molecule has 2 aromatic carbocycles. The second-order valence-electron chi connectivity index (χ2n) is 4.44. The van der Waals surface area contributed by atoms with Gasteiger partial charge in [-0.15, -0.1) is 0 Å². The first-order valence-electron chi connectivity index (χ1n) is 5.82. The van der Waals surface area contributed by atoms with E-state index >= 15 is 0 Å². The molecule has 1 aromatic heterocycles. The van der Waals surface area contributed by atoms with Crippen molar-refractivity contribution in [2.75, 3.05) is 0 Å². The maximum Gasteiger partial charge on any atom is 0.348 e. The fourth-order valence-corrected chi connectivity index (χ4v) is 2.44. The molecule has 4 heteroatoms. The Kier molecular flexibility index (Phi) is 1.82. The van der Waals surface area contributed by atoms with Gasteiger partial charge in [0, 0.05) is 11.6 Å². The quantitative estimate of drug-likeness (QED) is 0.349. The van der Waals surface area contributed by atoms with Gasteiger partial charge < -0.3 is 4.74 Å². The van der Waals surface area contributed by atoms with Crippen molar-refractivity contribution in [3.05, 3.63) is 53.7 Å². The van der Waals surface area contributed by atoms with Crippen molar-refractivity contribution in [1.82, 2.24) is 4.98 Å². The largest absolute Gasteiger partial charge is 0.386 e. The van der Waals surface area contributed by atoms with Crippen LogP contribution in [-0.2, 0) is 4.74 Å². The third-order valence-corrected chi connectivity index (χ3v) is 3.34. The van der Waals surface area contributed by atoms with E-state index in [9.17, 15) is 9.59 Å². The van der Waals surface area contributed by atoms with Crippen LogP contribution in [0.4, 0.5) is 0 Å². The summed E-state index contributed by atoms with van der Waals surface area (Å²) < 4.78 is 4.63. The van der Waals surface area contributed by atoms with Crippen molar-refractivity contribution >= 4 is 33.6 Å². The van der Waals surface area contributed by atoms with Gasteiger partial charge in [0.15, 0.2) is 0 Å². The predicted octanol–water partition coefficient (Wildman–Crippen LogP) is 2.70. The molecule has 0 spiro atoms. The molecule has 4 nitrogen and oxygen atoms in total. The molecule has 0 fully saturated rings. The summed E-state index contributed by atoms with van der Waals surface area (Å²) in [4.78, 5) is 27.5. The van der Waals surface area contributed by atoms with E-state index < -0.39 is 11.9 Å². The van der Waals surface area contributed by atoms with E-state index in [1.807, 2.05) is 36.4 Å².